The molecular formula is C17H18N4O5. The molecule has 1 aromatic carbocycles. The summed E-state index contributed by atoms with van der Waals surface area (Å²) in [6, 6.07) is 4.68. The number of urea groups is 1. The molecule has 136 valence electrons. The number of carbonyl (C=O) groups is 3. The largest absolute Gasteiger partial charge is 0.497 e. The van der Waals surface area contributed by atoms with Crippen molar-refractivity contribution in [3.05, 3.63) is 29.3 Å². The second-order valence-corrected chi connectivity index (χ2v) is 6.69. The topological polar surface area (TPSA) is 109 Å². The van der Waals surface area contributed by atoms with Crippen LogP contribution >= 0.6 is 0 Å². The lowest BCUT2D eigenvalue weighted by Gasteiger charge is -2.33. The number of methoxy groups -OCH3 is 1. The first-order valence-electron chi connectivity index (χ1n) is 8.22. The van der Waals surface area contributed by atoms with Crippen molar-refractivity contribution in [3.63, 3.8) is 0 Å². The van der Waals surface area contributed by atoms with Crippen LogP contribution in [0.15, 0.2) is 23.4 Å². The Morgan fingerprint density at radius 2 is 2.19 bits per heavy atom. The van der Waals surface area contributed by atoms with E-state index in [4.69, 9.17) is 9.57 Å². The summed E-state index contributed by atoms with van der Waals surface area (Å²) >= 11 is 0. The lowest BCUT2D eigenvalue weighted by Crippen LogP contribution is -2.62. The maximum absolute atomic E-state index is 12.8. The molecule has 1 unspecified atom stereocenters. The molecule has 3 aliphatic heterocycles. The molecule has 0 bridgehead atoms. The van der Waals surface area contributed by atoms with Crippen molar-refractivity contribution in [2.75, 3.05) is 13.7 Å². The van der Waals surface area contributed by atoms with E-state index in [0.29, 0.717) is 24.3 Å². The smallest absolute Gasteiger partial charge is 0.322 e. The van der Waals surface area contributed by atoms with Crippen molar-refractivity contribution in [3.8, 4) is 5.75 Å². The molecule has 0 saturated carbocycles. The van der Waals surface area contributed by atoms with Gasteiger partial charge in [-0.2, -0.15) is 0 Å². The van der Waals surface area contributed by atoms with Crippen molar-refractivity contribution in [2.24, 2.45) is 5.16 Å². The van der Waals surface area contributed by atoms with Crippen LogP contribution in [0.2, 0.25) is 0 Å². The first-order chi connectivity index (χ1) is 12.4. The SMILES string of the molecule is COc1ccc2c(c1)C(=O)N(C[C@@]1(C3CC(C)=NO3)NC(=O)NC1=O)C2. The van der Waals surface area contributed by atoms with Crippen LogP contribution < -0.4 is 15.4 Å². The minimum absolute atomic E-state index is 0.00608. The van der Waals surface area contributed by atoms with Crippen molar-refractivity contribution in [2.45, 2.75) is 31.5 Å². The lowest BCUT2D eigenvalue weighted by molar-refractivity contribution is -0.130. The zero-order valence-electron chi connectivity index (χ0n) is 14.4. The van der Waals surface area contributed by atoms with E-state index in [-0.39, 0.29) is 12.5 Å². The molecule has 0 aromatic heterocycles. The molecule has 26 heavy (non-hydrogen) atoms. The molecule has 0 aliphatic carbocycles. The van der Waals surface area contributed by atoms with Crippen LogP contribution in [0.4, 0.5) is 4.79 Å². The van der Waals surface area contributed by atoms with Crippen LogP contribution in [-0.2, 0) is 16.2 Å². The van der Waals surface area contributed by atoms with E-state index < -0.39 is 23.6 Å². The monoisotopic (exact) mass is 358 g/mol. The molecule has 1 saturated heterocycles. The van der Waals surface area contributed by atoms with Gasteiger partial charge in [-0.1, -0.05) is 11.2 Å². The summed E-state index contributed by atoms with van der Waals surface area (Å²) in [5.74, 6) is -0.148. The van der Waals surface area contributed by atoms with Gasteiger partial charge in [-0.25, -0.2) is 4.79 Å². The maximum Gasteiger partial charge on any atom is 0.322 e. The summed E-state index contributed by atoms with van der Waals surface area (Å²) < 4.78 is 5.17. The van der Waals surface area contributed by atoms with E-state index in [1.54, 1.807) is 19.1 Å². The van der Waals surface area contributed by atoms with Crippen molar-refractivity contribution >= 4 is 23.6 Å². The molecule has 1 fully saturated rings. The first kappa shape index (κ1) is 16.4. The normalized spacial score (nSPS) is 27.0. The van der Waals surface area contributed by atoms with Crippen molar-refractivity contribution in [1.82, 2.24) is 15.5 Å². The first-order valence-corrected chi connectivity index (χ1v) is 8.22. The number of nitrogens with zero attached hydrogens (tertiary/aromatic N) is 2. The summed E-state index contributed by atoms with van der Waals surface area (Å²) in [5.41, 5.74) is 0.726. The third kappa shape index (κ3) is 2.39. The summed E-state index contributed by atoms with van der Waals surface area (Å²) in [7, 11) is 1.53. The lowest BCUT2D eigenvalue weighted by atomic mass is 9.88. The number of benzene rings is 1. The number of fused-ring (bicyclic) bond motifs is 1. The number of ether oxygens (including phenoxy) is 1. The van der Waals surface area contributed by atoms with Crippen LogP contribution in [0.1, 0.15) is 29.3 Å². The fourth-order valence-electron chi connectivity index (χ4n) is 3.60. The van der Waals surface area contributed by atoms with Gasteiger partial charge in [-0.3, -0.25) is 14.9 Å². The van der Waals surface area contributed by atoms with Gasteiger partial charge in [0.15, 0.2) is 11.6 Å². The van der Waals surface area contributed by atoms with Crippen LogP contribution in [0.5, 0.6) is 5.75 Å². The Morgan fingerprint density at radius 3 is 2.81 bits per heavy atom. The number of amides is 4. The Balaban J connectivity index is 1.62. The summed E-state index contributed by atoms with van der Waals surface area (Å²) in [4.78, 5) is 44.1. The third-order valence-electron chi connectivity index (χ3n) is 4.97. The Hall–Kier alpha value is -3.10. The van der Waals surface area contributed by atoms with Crippen LogP contribution in [-0.4, -0.2) is 53.8 Å². The number of rotatable bonds is 4. The number of oxime groups is 1. The quantitative estimate of drug-likeness (QED) is 0.757. The molecule has 4 amide bonds. The zero-order valence-corrected chi connectivity index (χ0v) is 14.4. The Bertz CT molecular complexity index is 852. The standard InChI is InChI=1S/C17H18N4O5/c1-9-5-13(26-20-9)17(15(23)18-16(24)19-17)8-21-7-10-3-4-11(25-2)6-12(10)14(21)22/h3-4,6,13H,5,7-8H2,1-2H3,(H2,18,19,23,24)/t13?,17-/m0/s1. The highest BCUT2D eigenvalue weighted by Crippen LogP contribution is 2.32. The zero-order chi connectivity index (χ0) is 18.5. The van der Waals surface area contributed by atoms with Crippen LogP contribution in [0.3, 0.4) is 0 Å². The molecule has 9 heteroatoms. The minimum atomic E-state index is -1.37. The van der Waals surface area contributed by atoms with E-state index in [0.717, 1.165) is 11.3 Å². The van der Waals surface area contributed by atoms with Gasteiger partial charge in [0.2, 0.25) is 0 Å². The van der Waals surface area contributed by atoms with E-state index in [1.807, 2.05) is 6.07 Å². The van der Waals surface area contributed by atoms with Gasteiger partial charge in [0, 0.05) is 18.5 Å². The van der Waals surface area contributed by atoms with E-state index in [2.05, 4.69) is 15.8 Å². The number of hydrogen-bond donors (Lipinski definition) is 2. The van der Waals surface area contributed by atoms with E-state index in [9.17, 15) is 14.4 Å². The second-order valence-electron chi connectivity index (χ2n) is 6.69. The molecule has 3 heterocycles. The average Bonchev–Trinajstić information content (AvgIpc) is 3.26. The second kappa shape index (κ2) is 5.72. The van der Waals surface area contributed by atoms with Crippen LogP contribution in [0.25, 0.3) is 0 Å². The van der Waals surface area contributed by atoms with Gasteiger partial charge < -0.3 is 19.8 Å². The predicted octanol–water partition coefficient (Wildman–Crippen LogP) is 0.394. The van der Waals surface area contributed by atoms with Gasteiger partial charge in [0.25, 0.3) is 11.8 Å². The summed E-state index contributed by atoms with van der Waals surface area (Å²) in [6.45, 7) is 2.12. The molecule has 9 nitrogen and oxygen atoms in total. The number of carbonyl (C=O) groups excluding carboxylic acids is 3. The Morgan fingerprint density at radius 1 is 1.38 bits per heavy atom. The third-order valence-corrected chi connectivity index (χ3v) is 4.97. The maximum atomic E-state index is 12.8. The molecule has 2 atom stereocenters. The van der Waals surface area contributed by atoms with Crippen LogP contribution in [0, 0.1) is 0 Å². The fourth-order valence-corrected chi connectivity index (χ4v) is 3.60. The summed E-state index contributed by atoms with van der Waals surface area (Å²) in [6.07, 6.45) is -0.267. The highest BCUT2D eigenvalue weighted by atomic mass is 16.6. The molecule has 3 aliphatic rings. The Kier molecular flexibility index (Phi) is 3.60. The van der Waals surface area contributed by atoms with Gasteiger partial charge in [-0.05, 0) is 24.6 Å². The fraction of sp³-hybridized carbons (Fsp3) is 0.412. The molecule has 0 spiro atoms. The molecular weight excluding hydrogens is 340 g/mol. The van der Waals surface area contributed by atoms with Gasteiger partial charge in [0.05, 0.1) is 19.4 Å². The predicted molar refractivity (Wildman–Crippen MR) is 89.7 cm³/mol. The minimum Gasteiger partial charge on any atom is -0.497 e. The molecule has 2 N–H and O–H groups in total. The number of hydrogen-bond acceptors (Lipinski definition) is 6. The van der Waals surface area contributed by atoms with Crippen molar-refractivity contribution in [1.29, 1.82) is 0 Å². The highest BCUT2D eigenvalue weighted by molar-refractivity contribution is 6.09. The molecule has 0 radical (unpaired) electrons. The van der Waals surface area contributed by atoms with E-state index in [1.165, 1.54) is 12.0 Å². The van der Waals surface area contributed by atoms with E-state index >= 15 is 0 Å². The highest BCUT2D eigenvalue weighted by Gasteiger charge is 2.57. The Labute approximate surface area is 149 Å². The average molecular weight is 358 g/mol. The van der Waals surface area contributed by atoms with Crippen molar-refractivity contribution < 1.29 is 24.0 Å². The van der Waals surface area contributed by atoms with Gasteiger partial charge >= 0.3 is 6.03 Å². The van der Waals surface area contributed by atoms with Gasteiger partial charge in [0.1, 0.15) is 5.75 Å². The number of imide groups is 1. The molecule has 4 rings (SSSR count). The number of nitrogens with one attached hydrogen (secondary N) is 2. The summed E-state index contributed by atoms with van der Waals surface area (Å²) in [5, 5.41) is 8.80. The van der Waals surface area contributed by atoms with Gasteiger partial charge in [-0.15, -0.1) is 0 Å². The molecule has 1 aromatic rings.